The lowest BCUT2D eigenvalue weighted by atomic mass is 10.0. The molecule has 0 spiro atoms. The van der Waals surface area contributed by atoms with Crippen molar-refractivity contribution in [3.63, 3.8) is 0 Å². The fourth-order valence-electron chi connectivity index (χ4n) is 2.07. The van der Waals surface area contributed by atoms with Crippen LogP contribution in [0.15, 0.2) is 24.3 Å². The molecule has 0 fully saturated rings. The highest BCUT2D eigenvalue weighted by molar-refractivity contribution is 5.92. The number of aromatic nitrogens is 2. The third-order valence-corrected chi connectivity index (χ3v) is 3.20. The Morgan fingerprint density at radius 2 is 1.90 bits per heavy atom. The molecule has 1 aromatic carbocycles. The first-order chi connectivity index (χ1) is 9.49. The van der Waals surface area contributed by atoms with E-state index in [-0.39, 0.29) is 0 Å². The van der Waals surface area contributed by atoms with Crippen LogP contribution in [0.5, 0.6) is 0 Å². The second kappa shape index (κ2) is 5.69. The van der Waals surface area contributed by atoms with E-state index in [0.717, 1.165) is 28.2 Å². The van der Waals surface area contributed by atoms with Crippen molar-refractivity contribution in [3.05, 3.63) is 52.3 Å². The Balaban J connectivity index is 2.20. The minimum atomic E-state index is -0.904. The first kappa shape index (κ1) is 14.0. The number of carbonyl (C=O) groups is 1. The van der Waals surface area contributed by atoms with Crippen LogP contribution in [0.3, 0.4) is 0 Å². The Morgan fingerprint density at radius 3 is 2.50 bits per heavy atom. The van der Waals surface area contributed by atoms with E-state index in [9.17, 15) is 9.90 Å². The van der Waals surface area contributed by atoms with Crippen molar-refractivity contribution in [2.24, 2.45) is 0 Å². The Hall–Kier alpha value is -2.43. The molecule has 2 N–H and O–H groups in total. The molecule has 5 nitrogen and oxygen atoms in total. The maximum atomic E-state index is 11.3. The van der Waals surface area contributed by atoms with Gasteiger partial charge >= 0.3 is 5.97 Å². The summed E-state index contributed by atoms with van der Waals surface area (Å²) in [7, 11) is 0. The van der Waals surface area contributed by atoms with Crippen molar-refractivity contribution in [2.45, 2.75) is 27.3 Å². The van der Waals surface area contributed by atoms with Crippen molar-refractivity contribution < 1.29 is 9.90 Å². The van der Waals surface area contributed by atoms with Crippen LogP contribution in [-0.2, 0) is 6.54 Å². The number of hydrogen-bond donors (Lipinski definition) is 2. The highest BCUT2D eigenvalue weighted by atomic mass is 16.4. The molecule has 0 aliphatic carbocycles. The number of nitrogens with zero attached hydrogens (tertiary/aromatic N) is 2. The fourth-order valence-corrected chi connectivity index (χ4v) is 2.07. The number of benzene rings is 1. The third-order valence-electron chi connectivity index (χ3n) is 3.20. The Labute approximate surface area is 117 Å². The topological polar surface area (TPSA) is 75.1 Å². The number of anilines is 1. The van der Waals surface area contributed by atoms with Gasteiger partial charge in [-0.3, -0.25) is 0 Å². The first-order valence-corrected chi connectivity index (χ1v) is 6.35. The van der Waals surface area contributed by atoms with E-state index in [1.165, 1.54) is 0 Å². The molecule has 20 heavy (non-hydrogen) atoms. The molecule has 5 heteroatoms. The zero-order chi connectivity index (χ0) is 14.7. The van der Waals surface area contributed by atoms with Gasteiger partial charge in [-0.2, -0.15) is 10.2 Å². The molecule has 0 bridgehead atoms. The second-order valence-electron chi connectivity index (χ2n) is 4.75. The number of rotatable bonds is 4. The Morgan fingerprint density at radius 1 is 1.15 bits per heavy atom. The van der Waals surface area contributed by atoms with Gasteiger partial charge in [-0.05, 0) is 50.1 Å². The molecule has 1 aromatic heterocycles. The third kappa shape index (κ3) is 2.93. The average Bonchev–Trinajstić information content (AvgIpc) is 2.39. The van der Waals surface area contributed by atoms with Gasteiger partial charge in [0, 0.05) is 5.69 Å². The molecule has 1 heterocycles. The van der Waals surface area contributed by atoms with E-state index < -0.39 is 5.97 Å². The lowest BCUT2D eigenvalue weighted by molar-refractivity contribution is 0.0695. The maximum Gasteiger partial charge on any atom is 0.336 e. The largest absolute Gasteiger partial charge is 0.478 e. The quantitative estimate of drug-likeness (QED) is 0.894. The van der Waals surface area contributed by atoms with E-state index >= 15 is 0 Å². The number of carboxylic acid groups (broad SMARTS) is 1. The van der Waals surface area contributed by atoms with Crippen LogP contribution in [0, 0.1) is 20.8 Å². The standard InChI is InChI=1S/C15H17N3O2/c1-9-4-7-13(11(3)14(9)15(19)20)16-8-12-6-5-10(2)17-18-12/h4-7,16H,8H2,1-3H3,(H,19,20). The monoisotopic (exact) mass is 271 g/mol. The van der Waals surface area contributed by atoms with Crippen molar-refractivity contribution in [1.82, 2.24) is 10.2 Å². The maximum absolute atomic E-state index is 11.3. The smallest absolute Gasteiger partial charge is 0.336 e. The number of aromatic carboxylic acids is 1. The minimum Gasteiger partial charge on any atom is -0.478 e. The highest BCUT2D eigenvalue weighted by Gasteiger charge is 2.13. The molecule has 0 atom stereocenters. The molecule has 0 saturated heterocycles. The van der Waals surface area contributed by atoms with Crippen LogP contribution in [0.25, 0.3) is 0 Å². The Kier molecular flexibility index (Phi) is 3.98. The first-order valence-electron chi connectivity index (χ1n) is 6.35. The van der Waals surface area contributed by atoms with Gasteiger partial charge in [-0.15, -0.1) is 0 Å². The van der Waals surface area contributed by atoms with E-state index in [0.29, 0.717) is 12.1 Å². The van der Waals surface area contributed by atoms with Crippen LogP contribution < -0.4 is 5.32 Å². The summed E-state index contributed by atoms with van der Waals surface area (Å²) >= 11 is 0. The average molecular weight is 271 g/mol. The number of nitrogens with one attached hydrogen (secondary N) is 1. The van der Waals surface area contributed by atoms with Gasteiger partial charge in [0.25, 0.3) is 0 Å². The van der Waals surface area contributed by atoms with E-state index in [4.69, 9.17) is 0 Å². The van der Waals surface area contributed by atoms with E-state index in [1.807, 2.05) is 25.1 Å². The summed E-state index contributed by atoms with van der Waals surface area (Å²) in [6, 6.07) is 7.49. The lowest BCUT2D eigenvalue weighted by Gasteiger charge is -2.13. The molecule has 0 saturated carbocycles. The molecule has 0 amide bonds. The molecule has 0 unspecified atom stereocenters. The number of aryl methyl sites for hydroxylation is 2. The molecule has 104 valence electrons. The van der Waals surface area contributed by atoms with Gasteiger partial charge in [-0.1, -0.05) is 6.07 Å². The molecule has 0 aliphatic heterocycles. The minimum absolute atomic E-state index is 0.352. The van der Waals surface area contributed by atoms with Gasteiger partial charge in [-0.25, -0.2) is 4.79 Å². The molecular weight excluding hydrogens is 254 g/mol. The van der Waals surface area contributed by atoms with E-state index in [2.05, 4.69) is 15.5 Å². The van der Waals surface area contributed by atoms with Gasteiger partial charge in [0.1, 0.15) is 0 Å². The van der Waals surface area contributed by atoms with Crippen molar-refractivity contribution >= 4 is 11.7 Å². The lowest BCUT2D eigenvalue weighted by Crippen LogP contribution is -2.08. The number of carboxylic acids is 1. The molecular formula is C15H17N3O2. The van der Waals surface area contributed by atoms with Crippen molar-refractivity contribution in [3.8, 4) is 0 Å². The summed E-state index contributed by atoms with van der Waals surface area (Å²) in [5.74, 6) is -0.904. The fraction of sp³-hybridized carbons (Fsp3) is 0.267. The highest BCUT2D eigenvalue weighted by Crippen LogP contribution is 2.23. The second-order valence-corrected chi connectivity index (χ2v) is 4.75. The van der Waals surface area contributed by atoms with Gasteiger partial charge in [0.2, 0.25) is 0 Å². The summed E-state index contributed by atoms with van der Waals surface area (Å²) in [6.07, 6.45) is 0. The van der Waals surface area contributed by atoms with Crippen LogP contribution in [0.1, 0.15) is 32.9 Å². The van der Waals surface area contributed by atoms with Crippen molar-refractivity contribution in [1.29, 1.82) is 0 Å². The van der Waals surface area contributed by atoms with Crippen molar-refractivity contribution in [2.75, 3.05) is 5.32 Å². The zero-order valence-electron chi connectivity index (χ0n) is 11.8. The van der Waals surface area contributed by atoms with Crippen LogP contribution in [0.4, 0.5) is 5.69 Å². The number of hydrogen-bond acceptors (Lipinski definition) is 4. The molecule has 0 aliphatic rings. The summed E-state index contributed by atoms with van der Waals surface area (Å²) in [5, 5.41) is 20.5. The normalized spacial score (nSPS) is 10.3. The predicted octanol–water partition coefficient (Wildman–Crippen LogP) is 2.71. The molecule has 2 rings (SSSR count). The summed E-state index contributed by atoms with van der Waals surface area (Å²) < 4.78 is 0. The summed E-state index contributed by atoms with van der Waals surface area (Å²) in [5.41, 5.74) is 4.33. The summed E-state index contributed by atoms with van der Waals surface area (Å²) in [6.45, 7) is 6.00. The van der Waals surface area contributed by atoms with Gasteiger partial charge in [0.15, 0.2) is 0 Å². The van der Waals surface area contributed by atoms with Crippen LogP contribution in [-0.4, -0.2) is 21.3 Å². The predicted molar refractivity (Wildman–Crippen MR) is 77.0 cm³/mol. The molecule has 0 radical (unpaired) electrons. The zero-order valence-corrected chi connectivity index (χ0v) is 11.8. The summed E-state index contributed by atoms with van der Waals surface area (Å²) in [4.78, 5) is 11.3. The SMILES string of the molecule is Cc1ccc(CNc2ccc(C)c(C(=O)O)c2C)nn1. The van der Waals surface area contributed by atoms with E-state index in [1.54, 1.807) is 19.9 Å². The molecule has 2 aromatic rings. The van der Waals surface area contributed by atoms with Crippen LogP contribution >= 0.6 is 0 Å². The Bertz CT molecular complexity index is 636. The van der Waals surface area contributed by atoms with Crippen LogP contribution in [0.2, 0.25) is 0 Å². The van der Waals surface area contributed by atoms with Gasteiger partial charge < -0.3 is 10.4 Å². The van der Waals surface area contributed by atoms with Gasteiger partial charge in [0.05, 0.1) is 23.5 Å².